The normalized spacial score (nSPS) is 22.9. The predicted octanol–water partition coefficient (Wildman–Crippen LogP) is -1.67. The van der Waals surface area contributed by atoms with Crippen LogP contribution < -0.4 is 16.6 Å². The molecule has 7 heteroatoms. The lowest BCUT2D eigenvalue weighted by molar-refractivity contribution is 0.0268. The maximum Gasteiger partial charge on any atom is 0.330 e. The van der Waals surface area contributed by atoms with Crippen LogP contribution in [0.1, 0.15) is 12.0 Å². The largest absolute Gasteiger partial charge is 0.386 e. The molecular formula is C12H19N3O4. The third kappa shape index (κ3) is 2.94. The number of hydrogen-bond donors (Lipinski definition) is 2. The van der Waals surface area contributed by atoms with Crippen molar-refractivity contribution in [3.63, 3.8) is 0 Å². The van der Waals surface area contributed by atoms with Gasteiger partial charge in [-0.2, -0.15) is 0 Å². The monoisotopic (exact) mass is 269 g/mol. The van der Waals surface area contributed by atoms with Crippen LogP contribution in [0.25, 0.3) is 0 Å². The Labute approximate surface area is 110 Å². The number of nitrogens with zero attached hydrogens (tertiary/aromatic N) is 2. The quantitative estimate of drug-likeness (QED) is 0.682. The molecule has 0 aromatic carbocycles. The first kappa shape index (κ1) is 14.0. The van der Waals surface area contributed by atoms with E-state index in [0.29, 0.717) is 38.3 Å². The zero-order valence-corrected chi connectivity index (χ0v) is 11.2. The Morgan fingerprint density at radius 2 is 2.21 bits per heavy atom. The fourth-order valence-corrected chi connectivity index (χ4v) is 2.17. The van der Waals surface area contributed by atoms with Gasteiger partial charge in [0.1, 0.15) is 5.60 Å². The molecule has 1 aliphatic heterocycles. The van der Waals surface area contributed by atoms with Gasteiger partial charge in [0.25, 0.3) is 5.56 Å². The topological polar surface area (TPSA) is 85.5 Å². The molecule has 19 heavy (non-hydrogen) atoms. The second kappa shape index (κ2) is 5.28. The van der Waals surface area contributed by atoms with Gasteiger partial charge >= 0.3 is 5.69 Å². The number of hydrogen-bond acceptors (Lipinski definition) is 5. The van der Waals surface area contributed by atoms with Crippen LogP contribution in [-0.2, 0) is 25.4 Å². The number of aromatic nitrogens is 2. The molecule has 1 fully saturated rings. The van der Waals surface area contributed by atoms with Crippen molar-refractivity contribution in [1.29, 1.82) is 0 Å². The van der Waals surface area contributed by atoms with Crippen molar-refractivity contribution in [3.8, 4) is 0 Å². The standard InChI is InChI=1S/C12H19N3O4/c1-14-6-9(10(16)15(2)11(14)17)5-13-7-12(18)3-4-19-8-12/h6,13,18H,3-5,7-8H2,1-2H3. The summed E-state index contributed by atoms with van der Waals surface area (Å²) in [6.07, 6.45) is 2.11. The van der Waals surface area contributed by atoms with Crippen LogP contribution in [0.15, 0.2) is 15.8 Å². The van der Waals surface area contributed by atoms with Crippen molar-refractivity contribution in [2.75, 3.05) is 19.8 Å². The molecule has 2 rings (SSSR count). The summed E-state index contributed by atoms with van der Waals surface area (Å²) in [6.45, 7) is 1.53. The molecule has 7 nitrogen and oxygen atoms in total. The summed E-state index contributed by atoms with van der Waals surface area (Å²) < 4.78 is 7.58. The third-order valence-corrected chi connectivity index (χ3v) is 3.37. The first-order valence-corrected chi connectivity index (χ1v) is 6.19. The number of nitrogens with one attached hydrogen (secondary N) is 1. The Morgan fingerprint density at radius 1 is 1.47 bits per heavy atom. The molecule has 1 atom stereocenters. The summed E-state index contributed by atoms with van der Waals surface area (Å²) in [5, 5.41) is 13.1. The zero-order chi connectivity index (χ0) is 14.0. The van der Waals surface area contributed by atoms with Crippen LogP contribution in [0.2, 0.25) is 0 Å². The lowest BCUT2D eigenvalue weighted by atomic mass is 10.0. The van der Waals surface area contributed by atoms with E-state index < -0.39 is 5.60 Å². The van der Waals surface area contributed by atoms with Crippen LogP contribution >= 0.6 is 0 Å². The van der Waals surface area contributed by atoms with Crippen LogP contribution in [-0.4, -0.2) is 39.6 Å². The summed E-state index contributed by atoms with van der Waals surface area (Å²) in [6, 6.07) is 0. The minimum absolute atomic E-state index is 0.309. The van der Waals surface area contributed by atoms with E-state index >= 15 is 0 Å². The highest BCUT2D eigenvalue weighted by Crippen LogP contribution is 2.16. The molecule has 0 amide bonds. The summed E-state index contributed by atoms with van der Waals surface area (Å²) in [4.78, 5) is 23.4. The van der Waals surface area contributed by atoms with Crippen LogP contribution in [0.4, 0.5) is 0 Å². The molecule has 1 aromatic heterocycles. The molecule has 0 bridgehead atoms. The fraction of sp³-hybridized carbons (Fsp3) is 0.667. The van der Waals surface area contributed by atoms with Crippen molar-refractivity contribution in [2.45, 2.75) is 18.6 Å². The highest BCUT2D eigenvalue weighted by molar-refractivity contribution is 5.05. The van der Waals surface area contributed by atoms with Gasteiger partial charge in [0, 0.05) is 52.0 Å². The van der Waals surface area contributed by atoms with Gasteiger partial charge in [-0.1, -0.05) is 0 Å². The molecule has 0 radical (unpaired) electrons. The minimum Gasteiger partial charge on any atom is -0.386 e. The minimum atomic E-state index is -0.855. The van der Waals surface area contributed by atoms with Crippen LogP contribution in [0.5, 0.6) is 0 Å². The Morgan fingerprint density at radius 3 is 2.84 bits per heavy atom. The average Bonchev–Trinajstić information content (AvgIpc) is 2.80. The van der Waals surface area contributed by atoms with E-state index in [1.807, 2.05) is 0 Å². The van der Waals surface area contributed by atoms with Gasteiger partial charge in [0.2, 0.25) is 0 Å². The van der Waals surface area contributed by atoms with Gasteiger partial charge in [-0.25, -0.2) is 4.79 Å². The smallest absolute Gasteiger partial charge is 0.330 e. The van der Waals surface area contributed by atoms with E-state index in [4.69, 9.17) is 4.74 Å². The summed E-state index contributed by atoms with van der Waals surface area (Å²) in [7, 11) is 3.05. The van der Waals surface area contributed by atoms with Crippen LogP contribution in [0, 0.1) is 0 Å². The molecule has 106 valence electrons. The van der Waals surface area contributed by atoms with Crippen molar-refractivity contribution >= 4 is 0 Å². The lowest BCUT2D eigenvalue weighted by Gasteiger charge is -2.20. The van der Waals surface area contributed by atoms with E-state index in [0.717, 1.165) is 4.57 Å². The molecule has 0 aliphatic carbocycles. The van der Waals surface area contributed by atoms with Gasteiger partial charge in [0.05, 0.1) is 6.61 Å². The number of ether oxygens (including phenoxy) is 1. The molecule has 0 spiro atoms. The molecule has 0 saturated carbocycles. The highest BCUT2D eigenvalue weighted by atomic mass is 16.5. The van der Waals surface area contributed by atoms with E-state index in [2.05, 4.69) is 5.32 Å². The molecule has 1 aromatic rings. The predicted molar refractivity (Wildman–Crippen MR) is 69.0 cm³/mol. The van der Waals surface area contributed by atoms with Crippen molar-refractivity contribution in [1.82, 2.24) is 14.5 Å². The van der Waals surface area contributed by atoms with E-state index in [-0.39, 0.29) is 11.2 Å². The Hall–Kier alpha value is -1.44. The zero-order valence-electron chi connectivity index (χ0n) is 11.2. The summed E-state index contributed by atoms with van der Waals surface area (Å²) in [5.74, 6) is 0. The van der Waals surface area contributed by atoms with Crippen molar-refractivity contribution in [2.24, 2.45) is 14.1 Å². The summed E-state index contributed by atoms with van der Waals surface area (Å²) in [5.41, 5.74) is -1.03. The Kier molecular flexibility index (Phi) is 3.88. The highest BCUT2D eigenvalue weighted by Gasteiger charge is 2.31. The van der Waals surface area contributed by atoms with Crippen molar-refractivity contribution in [3.05, 3.63) is 32.6 Å². The lowest BCUT2D eigenvalue weighted by Crippen LogP contribution is -2.43. The second-order valence-electron chi connectivity index (χ2n) is 5.04. The molecule has 1 saturated heterocycles. The molecular weight excluding hydrogens is 250 g/mol. The SMILES string of the molecule is Cn1cc(CNCC2(O)CCOC2)c(=O)n(C)c1=O. The van der Waals surface area contributed by atoms with Gasteiger partial charge < -0.3 is 19.7 Å². The Bertz CT molecular complexity index is 569. The maximum atomic E-state index is 11.9. The van der Waals surface area contributed by atoms with Crippen molar-refractivity contribution < 1.29 is 9.84 Å². The first-order valence-electron chi connectivity index (χ1n) is 6.19. The van der Waals surface area contributed by atoms with E-state index in [9.17, 15) is 14.7 Å². The number of aliphatic hydroxyl groups is 1. The second-order valence-corrected chi connectivity index (χ2v) is 5.04. The fourth-order valence-electron chi connectivity index (χ4n) is 2.17. The average molecular weight is 269 g/mol. The summed E-state index contributed by atoms with van der Waals surface area (Å²) >= 11 is 0. The molecule has 1 unspecified atom stereocenters. The van der Waals surface area contributed by atoms with E-state index in [1.165, 1.54) is 17.8 Å². The molecule has 2 N–H and O–H groups in total. The van der Waals surface area contributed by atoms with Gasteiger partial charge in [-0.15, -0.1) is 0 Å². The maximum absolute atomic E-state index is 11.9. The van der Waals surface area contributed by atoms with Gasteiger partial charge in [0.15, 0.2) is 0 Å². The number of aryl methyl sites for hydroxylation is 1. The third-order valence-electron chi connectivity index (χ3n) is 3.37. The van der Waals surface area contributed by atoms with Gasteiger partial charge in [-0.05, 0) is 0 Å². The number of rotatable bonds is 4. The first-order chi connectivity index (χ1) is 8.93. The molecule has 1 aliphatic rings. The van der Waals surface area contributed by atoms with Gasteiger partial charge in [-0.3, -0.25) is 9.36 Å². The molecule has 2 heterocycles. The van der Waals surface area contributed by atoms with Crippen LogP contribution in [0.3, 0.4) is 0 Å². The van der Waals surface area contributed by atoms with E-state index in [1.54, 1.807) is 7.05 Å². The Balaban J connectivity index is 2.04.